The number of urea groups is 1. The molecule has 0 aliphatic heterocycles. The summed E-state index contributed by atoms with van der Waals surface area (Å²) in [7, 11) is 0. The fraction of sp³-hybridized carbons (Fsp3) is 0.667. The molecule has 0 radical (unpaired) electrons. The van der Waals surface area contributed by atoms with Crippen LogP contribution in [-0.4, -0.2) is 23.0 Å². The average molecular weight is 202 g/mol. The molecule has 0 atom stereocenters. The lowest BCUT2D eigenvalue weighted by Crippen LogP contribution is -2.49. The molecule has 76 valence electrons. The summed E-state index contributed by atoms with van der Waals surface area (Å²) in [6, 6.07) is -0.157. The SMILES string of the molecule is C=C(S)NC(=O)N(CC)C(C)(C)C. The molecular formula is C9H18N2OS. The van der Waals surface area contributed by atoms with E-state index in [1.165, 1.54) is 0 Å². The summed E-state index contributed by atoms with van der Waals surface area (Å²) >= 11 is 3.91. The minimum atomic E-state index is -0.179. The highest BCUT2D eigenvalue weighted by Crippen LogP contribution is 2.13. The molecule has 0 unspecified atom stereocenters. The highest BCUT2D eigenvalue weighted by Gasteiger charge is 2.24. The Bertz CT molecular complexity index is 208. The van der Waals surface area contributed by atoms with Gasteiger partial charge in [-0.2, -0.15) is 0 Å². The van der Waals surface area contributed by atoms with Crippen molar-refractivity contribution in [2.24, 2.45) is 0 Å². The van der Waals surface area contributed by atoms with Gasteiger partial charge in [-0.25, -0.2) is 4.79 Å². The van der Waals surface area contributed by atoms with Crippen LogP contribution in [0.25, 0.3) is 0 Å². The second-order valence-electron chi connectivity index (χ2n) is 3.79. The van der Waals surface area contributed by atoms with Crippen LogP contribution < -0.4 is 5.32 Å². The van der Waals surface area contributed by atoms with Gasteiger partial charge in [0, 0.05) is 12.1 Å². The van der Waals surface area contributed by atoms with Crippen molar-refractivity contribution in [3.05, 3.63) is 11.6 Å². The van der Waals surface area contributed by atoms with Crippen LogP contribution in [-0.2, 0) is 0 Å². The lowest BCUT2D eigenvalue weighted by atomic mass is 10.1. The highest BCUT2D eigenvalue weighted by molar-refractivity contribution is 7.84. The van der Waals surface area contributed by atoms with E-state index in [2.05, 4.69) is 24.5 Å². The Morgan fingerprint density at radius 3 is 2.23 bits per heavy atom. The third-order valence-electron chi connectivity index (χ3n) is 1.62. The van der Waals surface area contributed by atoms with Crippen LogP contribution in [0.3, 0.4) is 0 Å². The van der Waals surface area contributed by atoms with Gasteiger partial charge in [-0.3, -0.25) is 0 Å². The van der Waals surface area contributed by atoms with Crippen molar-refractivity contribution in [2.75, 3.05) is 6.54 Å². The summed E-state index contributed by atoms with van der Waals surface area (Å²) in [5.74, 6) is 0. The van der Waals surface area contributed by atoms with Crippen molar-refractivity contribution in [1.82, 2.24) is 10.2 Å². The van der Waals surface area contributed by atoms with Crippen LogP contribution in [0.5, 0.6) is 0 Å². The molecule has 0 saturated carbocycles. The Morgan fingerprint density at radius 2 is 2.00 bits per heavy atom. The van der Waals surface area contributed by atoms with Crippen molar-refractivity contribution in [2.45, 2.75) is 33.2 Å². The topological polar surface area (TPSA) is 32.3 Å². The monoisotopic (exact) mass is 202 g/mol. The Hall–Kier alpha value is -0.640. The van der Waals surface area contributed by atoms with Crippen molar-refractivity contribution in [1.29, 1.82) is 0 Å². The van der Waals surface area contributed by atoms with Crippen molar-refractivity contribution >= 4 is 18.7 Å². The molecule has 0 aromatic heterocycles. The van der Waals surface area contributed by atoms with Gasteiger partial charge in [0.25, 0.3) is 0 Å². The van der Waals surface area contributed by atoms with E-state index in [0.717, 1.165) is 0 Å². The summed E-state index contributed by atoms with van der Waals surface area (Å²) in [5.41, 5.74) is -0.179. The van der Waals surface area contributed by atoms with Crippen LogP contribution in [0.4, 0.5) is 4.79 Å². The quantitative estimate of drug-likeness (QED) is 0.661. The lowest BCUT2D eigenvalue weighted by molar-refractivity contribution is 0.153. The second-order valence-corrected chi connectivity index (χ2v) is 4.33. The fourth-order valence-electron chi connectivity index (χ4n) is 1.11. The Labute approximate surface area is 85.6 Å². The van der Waals surface area contributed by atoms with Gasteiger partial charge >= 0.3 is 6.03 Å². The van der Waals surface area contributed by atoms with E-state index in [9.17, 15) is 4.79 Å². The van der Waals surface area contributed by atoms with E-state index in [4.69, 9.17) is 0 Å². The van der Waals surface area contributed by atoms with Crippen molar-refractivity contribution in [3.63, 3.8) is 0 Å². The van der Waals surface area contributed by atoms with E-state index >= 15 is 0 Å². The molecule has 0 saturated heterocycles. The summed E-state index contributed by atoms with van der Waals surface area (Å²) in [5, 5.41) is 2.93. The van der Waals surface area contributed by atoms with Gasteiger partial charge in [-0.15, -0.1) is 12.6 Å². The summed E-state index contributed by atoms with van der Waals surface area (Å²) < 4.78 is 0. The van der Waals surface area contributed by atoms with Gasteiger partial charge in [-0.1, -0.05) is 6.58 Å². The first-order chi connectivity index (χ1) is 5.79. The number of carbonyl (C=O) groups excluding carboxylic acids is 1. The van der Waals surface area contributed by atoms with E-state index in [1.54, 1.807) is 4.90 Å². The molecular weight excluding hydrogens is 184 g/mol. The van der Waals surface area contributed by atoms with E-state index in [0.29, 0.717) is 11.6 Å². The average Bonchev–Trinajstić information content (AvgIpc) is 1.82. The number of carbonyl (C=O) groups is 1. The molecule has 0 heterocycles. The minimum Gasteiger partial charge on any atom is -0.320 e. The van der Waals surface area contributed by atoms with Gasteiger partial charge in [0.2, 0.25) is 0 Å². The number of rotatable bonds is 2. The zero-order valence-corrected chi connectivity index (χ0v) is 9.61. The molecule has 2 amide bonds. The van der Waals surface area contributed by atoms with Gasteiger partial charge in [0.15, 0.2) is 0 Å². The highest BCUT2D eigenvalue weighted by atomic mass is 32.1. The number of hydrogen-bond donors (Lipinski definition) is 2. The molecule has 0 aromatic carbocycles. The van der Waals surface area contributed by atoms with Gasteiger partial charge in [0.05, 0.1) is 5.03 Å². The maximum absolute atomic E-state index is 11.5. The molecule has 1 N–H and O–H groups in total. The van der Waals surface area contributed by atoms with E-state index in [1.807, 2.05) is 27.7 Å². The van der Waals surface area contributed by atoms with Crippen molar-refractivity contribution < 1.29 is 4.79 Å². The maximum atomic E-state index is 11.5. The smallest absolute Gasteiger partial charge is 0.320 e. The zero-order chi connectivity index (χ0) is 10.6. The largest absolute Gasteiger partial charge is 0.322 e. The lowest BCUT2D eigenvalue weighted by Gasteiger charge is -2.34. The third kappa shape index (κ3) is 4.22. The van der Waals surface area contributed by atoms with Gasteiger partial charge in [0.1, 0.15) is 0 Å². The molecule has 0 bridgehead atoms. The molecule has 0 fully saturated rings. The number of nitrogens with zero attached hydrogens (tertiary/aromatic N) is 1. The van der Waals surface area contributed by atoms with Crippen molar-refractivity contribution in [3.8, 4) is 0 Å². The first kappa shape index (κ1) is 12.4. The number of nitrogens with one attached hydrogen (secondary N) is 1. The van der Waals surface area contributed by atoms with Crippen LogP contribution in [0.2, 0.25) is 0 Å². The molecule has 0 rings (SSSR count). The van der Waals surface area contributed by atoms with Gasteiger partial charge < -0.3 is 10.2 Å². The number of thiol groups is 1. The number of amides is 2. The summed E-state index contributed by atoms with van der Waals surface area (Å²) in [6.45, 7) is 12.0. The van der Waals surface area contributed by atoms with Crippen LogP contribution in [0, 0.1) is 0 Å². The molecule has 0 aliphatic rings. The first-order valence-corrected chi connectivity index (χ1v) is 4.70. The van der Waals surface area contributed by atoms with Crippen LogP contribution in [0.1, 0.15) is 27.7 Å². The Morgan fingerprint density at radius 1 is 1.54 bits per heavy atom. The third-order valence-corrected chi connectivity index (χ3v) is 1.73. The van der Waals surface area contributed by atoms with Gasteiger partial charge in [-0.05, 0) is 27.7 Å². The van der Waals surface area contributed by atoms with E-state index in [-0.39, 0.29) is 11.6 Å². The molecule has 13 heavy (non-hydrogen) atoms. The molecule has 3 nitrogen and oxygen atoms in total. The normalized spacial score (nSPS) is 10.8. The van der Waals surface area contributed by atoms with E-state index < -0.39 is 0 Å². The minimum absolute atomic E-state index is 0.157. The summed E-state index contributed by atoms with van der Waals surface area (Å²) in [4.78, 5) is 13.3. The maximum Gasteiger partial charge on any atom is 0.322 e. The zero-order valence-electron chi connectivity index (χ0n) is 8.72. The first-order valence-electron chi connectivity index (χ1n) is 4.25. The molecule has 0 aromatic rings. The standard InChI is InChI=1S/C9H18N2OS/c1-6-11(9(3,4)5)8(12)10-7(2)13/h13H,2,6H2,1,3-5H3,(H,10,12). The van der Waals surface area contributed by atoms with Crippen LogP contribution in [0.15, 0.2) is 11.6 Å². The second kappa shape index (κ2) is 4.56. The number of hydrogen-bond acceptors (Lipinski definition) is 2. The predicted molar refractivity (Wildman–Crippen MR) is 58.8 cm³/mol. The molecule has 0 aliphatic carbocycles. The Kier molecular flexibility index (Phi) is 4.33. The fourth-order valence-corrected chi connectivity index (χ4v) is 1.21. The summed E-state index contributed by atoms with van der Waals surface area (Å²) in [6.07, 6.45) is 0. The van der Waals surface area contributed by atoms with Crippen LogP contribution >= 0.6 is 12.6 Å². The Balaban J connectivity index is 4.42. The molecule has 0 spiro atoms. The predicted octanol–water partition coefficient (Wildman–Crippen LogP) is 2.22. The molecule has 4 heteroatoms.